The number of unbranched alkanes of at least 4 members (excludes halogenated alkanes) is 1. The number of thiophene rings is 1. The highest BCUT2D eigenvalue weighted by Crippen LogP contribution is 2.42. The van der Waals surface area contributed by atoms with Gasteiger partial charge in [-0.05, 0) is 70.4 Å². The average Bonchev–Trinajstić information content (AvgIpc) is 3.27. The Morgan fingerprint density at radius 2 is 1.86 bits per heavy atom. The molecular formula is C32H49N6O3S+. The molecule has 0 saturated carbocycles. The second-order valence-corrected chi connectivity index (χ2v) is 12.4. The van der Waals surface area contributed by atoms with Crippen molar-refractivity contribution in [2.45, 2.75) is 66.6 Å². The second kappa shape index (κ2) is 17.9. The number of rotatable bonds is 19. The third-order valence-electron chi connectivity index (χ3n) is 7.06. The molecular weight excluding hydrogens is 548 g/mol. The van der Waals surface area contributed by atoms with E-state index in [0.29, 0.717) is 47.5 Å². The lowest BCUT2D eigenvalue weighted by molar-refractivity contribution is -0.890. The molecule has 10 heteroatoms. The molecule has 230 valence electrons. The molecule has 0 N–H and O–H groups in total. The smallest absolute Gasteiger partial charge is 0.229 e. The van der Waals surface area contributed by atoms with Crippen LogP contribution in [0, 0.1) is 31.8 Å². The maximum atomic E-state index is 9.30. The van der Waals surface area contributed by atoms with E-state index in [9.17, 15) is 5.26 Å². The van der Waals surface area contributed by atoms with E-state index in [1.165, 1.54) is 30.7 Å². The van der Waals surface area contributed by atoms with Gasteiger partial charge >= 0.3 is 0 Å². The Morgan fingerprint density at radius 1 is 1.10 bits per heavy atom. The predicted octanol–water partition coefficient (Wildman–Crippen LogP) is 7.73. The van der Waals surface area contributed by atoms with Gasteiger partial charge in [0.05, 0.1) is 76.4 Å². The molecule has 42 heavy (non-hydrogen) atoms. The largest absolute Gasteiger partial charge is 0.376 e. The molecule has 0 spiro atoms. The second-order valence-electron chi connectivity index (χ2n) is 11.4. The number of likely N-dealkylation sites (N-methyl/N-ethyl adjacent to an activating group) is 2. The van der Waals surface area contributed by atoms with Crippen LogP contribution < -0.4 is 4.90 Å². The summed E-state index contributed by atoms with van der Waals surface area (Å²) in [6.07, 6.45) is 2.47. The average molecular weight is 598 g/mol. The van der Waals surface area contributed by atoms with E-state index in [2.05, 4.69) is 60.1 Å². The molecule has 1 aromatic heterocycles. The van der Waals surface area contributed by atoms with Gasteiger partial charge in [0.1, 0.15) is 17.6 Å². The highest BCUT2D eigenvalue weighted by atomic mass is 32.1. The molecule has 2 aromatic rings. The Bertz CT molecular complexity index is 1230. The van der Waals surface area contributed by atoms with Crippen molar-refractivity contribution in [2.75, 3.05) is 71.6 Å². The van der Waals surface area contributed by atoms with E-state index in [0.717, 1.165) is 41.1 Å². The van der Waals surface area contributed by atoms with Crippen LogP contribution in [0.2, 0.25) is 0 Å². The first-order valence-electron chi connectivity index (χ1n) is 14.9. The molecule has 9 nitrogen and oxygen atoms in total. The highest BCUT2D eigenvalue weighted by molar-refractivity contribution is 7.17. The fourth-order valence-corrected chi connectivity index (χ4v) is 5.21. The van der Waals surface area contributed by atoms with E-state index in [4.69, 9.17) is 20.8 Å². The van der Waals surface area contributed by atoms with Crippen LogP contribution in [0.25, 0.3) is 4.85 Å². The van der Waals surface area contributed by atoms with Crippen LogP contribution >= 0.6 is 11.3 Å². The zero-order valence-electron chi connectivity index (χ0n) is 26.8. The molecule has 0 radical (unpaired) electrons. The van der Waals surface area contributed by atoms with Gasteiger partial charge in [0.25, 0.3) is 0 Å². The summed E-state index contributed by atoms with van der Waals surface area (Å²) in [4.78, 5) is 6.32. The summed E-state index contributed by atoms with van der Waals surface area (Å²) in [7, 11) is 4.51. The Morgan fingerprint density at radius 3 is 2.48 bits per heavy atom. The molecule has 0 bridgehead atoms. The van der Waals surface area contributed by atoms with E-state index < -0.39 is 0 Å². The zero-order chi connectivity index (χ0) is 31.1. The minimum Gasteiger partial charge on any atom is -0.376 e. The number of benzene rings is 1. The number of anilines is 1. The SMILES string of the molecule is [C-]#[N+]c1c(/N=N/c2ccc(N(CC)CC(COC(C)C)OCCOCC[N+](C)(C)CCCC)cc2C)sc(C#N)c1C. The number of aryl methyl sites for hydroxylation is 1. The van der Waals surface area contributed by atoms with Gasteiger partial charge in [-0.2, -0.15) is 15.5 Å². The van der Waals surface area contributed by atoms with E-state index >= 15 is 0 Å². The van der Waals surface area contributed by atoms with Gasteiger partial charge in [0, 0.05) is 18.8 Å². The van der Waals surface area contributed by atoms with Crippen molar-refractivity contribution in [1.29, 1.82) is 5.26 Å². The number of nitrogens with zero attached hydrogens (tertiary/aromatic N) is 6. The third kappa shape index (κ3) is 11.4. The highest BCUT2D eigenvalue weighted by Gasteiger charge is 2.18. The summed E-state index contributed by atoms with van der Waals surface area (Å²) in [5, 5.41) is 18.5. The molecule has 0 amide bonds. The number of hydrogen-bond donors (Lipinski definition) is 0. The van der Waals surface area contributed by atoms with Gasteiger partial charge in [-0.1, -0.05) is 13.3 Å². The van der Waals surface area contributed by atoms with Gasteiger partial charge in [-0.25, -0.2) is 4.85 Å². The minimum absolute atomic E-state index is 0.101. The summed E-state index contributed by atoms with van der Waals surface area (Å²) < 4.78 is 19.1. The first-order valence-corrected chi connectivity index (χ1v) is 15.7. The van der Waals surface area contributed by atoms with Crippen LogP contribution in [0.4, 0.5) is 22.1 Å². The molecule has 2 rings (SSSR count). The lowest BCUT2D eigenvalue weighted by atomic mass is 10.1. The Hall–Kier alpha value is -2.86. The molecule has 1 heterocycles. The van der Waals surface area contributed by atoms with Crippen LogP contribution in [0.5, 0.6) is 0 Å². The van der Waals surface area contributed by atoms with Crippen LogP contribution in [-0.4, -0.2) is 83.4 Å². The van der Waals surface area contributed by atoms with Crippen LogP contribution in [-0.2, 0) is 14.2 Å². The molecule has 1 unspecified atom stereocenters. The number of azo groups is 1. The van der Waals surface area contributed by atoms with Crippen molar-refractivity contribution >= 4 is 33.4 Å². The summed E-state index contributed by atoms with van der Waals surface area (Å²) >= 11 is 1.20. The molecule has 1 aromatic carbocycles. The molecule has 1 atom stereocenters. The van der Waals surface area contributed by atoms with E-state index in [1.807, 2.05) is 32.9 Å². The molecule has 0 aliphatic rings. The first kappa shape index (κ1) is 35.3. The lowest BCUT2D eigenvalue weighted by Crippen LogP contribution is -2.43. The lowest BCUT2D eigenvalue weighted by Gasteiger charge is -2.30. The topological polar surface area (TPSA) is 83.8 Å². The van der Waals surface area contributed by atoms with Crippen LogP contribution in [0.15, 0.2) is 28.4 Å². The van der Waals surface area contributed by atoms with Crippen LogP contribution in [0.1, 0.15) is 56.5 Å². The number of hydrogen-bond acceptors (Lipinski definition) is 8. The Labute approximate surface area is 257 Å². The summed E-state index contributed by atoms with van der Waals surface area (Å²) in [5.74, 6) is 0. The zero-order valence-corrected chi connectivity index (χ0v) is 27.6. The minimum atomic E-state index is -0.101. The predicted molar refractivity (Wildman–Crippen MR) is 172 cm³/mol. The van der Waals surface area contributed by atoms with Crippen LogP contribution in [0.3, 0.4) is 0 Å². The van der Waals surface area contributed by atoms with Gasteiger partial charge in [-0.3, -0.25) is 0 Å². The normalized spacial score (nSPS) is 12.5. The molecule has 0 aliphatic carbocycles. The van der Waals surface area contributed by atoms with Gasteiger partial charge in [-0.15, -0.1) is 11.3 Å². The van der Waals surface area contributed by atoms with Crippen molar-refractivity contribution < 1.29 is 18.7 Å². The van der Waals surface area contributed by atoms with Crippen molar-refractivity contribution in [3.8, 4) is 6.07 Å². The van der Waals surface area contributed by atoms with Crippen molar-refractivity contribution in [1.82, 2.24) is 0 Å². The molecule has 0 fully saturated rings. The van der Waals surface area contributed by atoms with Crippen molar-refractivity contribution in [3.63, 3.8) is 0 Å². The maximum Gasteiger partial charge on any atom is 0.229 e. The number of ether oxygens (including phenoxy) is 3. The summed E-state index contributed by atoms with van der Waals surface area (Å²) in [6, 6.07) is 8.19. The standard InChI is InChI=1S/C32H49N6O3S/c1-10-12-15-38(8,9)16-17-39-18-19-40-28(23-41-24(3)4)22-37(11-2)27-13-14-29(25(5)20-27)35-36-32-31(34-7)26(6)30(21-33)42-32/h13-14,20,24,28H,10-12,15-19,22-23H2,1-6,8-9H3/q+1/b36-35+. The number of quaternary nitrogens is 1. The fourth-order valence-electron chi connectivity index (χ4n) is 4.35. The quantitative estimate of drug-likeness (QED) is 0.0716. The monoisotopic (exact) mass is 597 g/mol. The Kier molecular flexibility index (Phi) is 15.1. The number of nitriles is 1. The van der Waals surface area contributed by atoms with Gasteiger partial charge in [0.15, 0.2) is 0 Å². The molecule has 0 saturated heterocycles. The van der Waals surface area contributed by atoms with Crippen molar-refractivity contribution in [2.24, 2.45) is 10.2 Å². The first-order chi connectivity index (χ1) is 20.0. The Balaban J connectivity index is 2.02. The van der Waals surface area contributed by atoms with Gasteiger partial charge < -0.3 is 23.6 Å². The summed E-state index contributed by atoms with van der Waals surface area (Å²) in [5.41, 5.74) is 3.81. The third-order valence-corrected chi connectivity index (χ3v) is 8.13. The van der Waals surface area contributed by atoms with Gasteiger partial charge in [0.2, 0.25) is 5.69 Å². The maximum absolute atomic E-state index is 9.30. The van der Waals surface area contributed by atoms with E-state index in [-0.39, 0.29) is 12.2 Å². The fraction of sp³-hybridized carbons (Fsp3) is 0.625. The van der Waals surface area contributed by atoms with E-state index in [1.54, 1.807) is 6.92 Å². The molecule has 0 aliphatic heterocycles. The summed E-state index contributed by atoms with van der Waals surface area (Å²) in [6.45, 7) is 25.6. The van der Waals surface area contributed by atoms with Crippen molar-refractivity contribution in [3.05, 3.63) is 45.6 Å².